The first-order valence-electron chi connectivity index (χ1n) is 9.74. The standard InChI is InChI=1S/C21H27FN4O2S.HI/c1-23-21(25-16-18-7-5-6-10-20(18)22)24-15-17-11-13-26(14-12-17)29(27,28)19-8-3-2-4-9-19;/h2-10,17H,11-16H2,1H3,(H2,23,24,25);1H. The van der Waals surface area contributed by atoms with Crippen LogP contribution in [0.5, 0.6) is 0 Å². The van der Waals surface area contributed by atoms with Crippen molar-refractivity contribution in [1.82, 2.24) is 14.9 Å². The van der Waals surface area contributed by atoms with Gasteiger partial charge in [-0.05, 0) is 37.0 Å². The summed E-state index contributed by atoms with van der Waals surface area (Å²) in [5.74, 6) is 0.708. The molecule has 0 atom stereocenters. The van der Waals surface area contributed by atoms with E-state index >= 15 is 0 Å². The topological polar surface area (TPSA) is 73.8 Å². The summed E-state index contributed by atoms with van der Waals surface area (Å²) in [4.78, 5) is 4.52. The van der Waals surface area contributed by atoms with Crippen LogP contribution in [0.2, 0.25) is 0 Å². The second-order valence-corrected chi connectivity index (χ2v) is 9.00. The highest BCUT2D eigenvalue weighted by Gasteiger charge is 2.29. The van der Waals surface area contributed by atoms with Gasteiger partial charge in [-0.15, -0.1) is 24.0 Å². The molecule has 1 fully saturated rings. The minimum Gasteiger partial charge on any atom is -0.356 e. The molecule has 164 valence electrons. The van der Waals surface area contributed by atoms with Gasteiger partial charge in [0.1, 0.15) is 5.82 Å². The number of guanidine groups is 1. The lowest BCUT2D eigenvalue weighted by molar-refractivity contribution is 0.273. The quantitative estimate of drug-likeness (QED) is 0.332. The van der Waals surface area contributed by atoms with Crippen LogP contribution in [0.1, 0.15) is 18.4 Å². The molecule has 0 aromatic heterocycles. The first kappa shape index (κ1) is 24.5. The molecule has 2 N–H and O–H groups in total. The normalized spacial score (nSPS) is 16.0. The fourth-order valence-corrected chi connectivity index (χ4v) is 4.87. The number of rotatable bonds is 6. The highest BCUT2D eigenvalue weighted by Crippen LogP contribution is 2.23. The van der Waals surface area contributed by atoms with Gasteiger partial charge in [-0.25, -0.2) is 12.8 Å². The van der Waals surface area contributed by atoms with Crippen molar-refractivity contribution in [1.29, 1.82) is 0 Å². The van der Waals surface area contributed by atoms with Crippen molar-refractivity contribution in [3.8, 4) is 0 Å². The predicted octanol–water partition coefficient (Wildman–Crippen LogP) is 3.21. The molecule has 1 aliphatic rings. The molecule has 6 nitrogen and oxygen atoms in total. The minimum absolute atomic E-state index is 0. The zero-order valence-electron chi connectivity index (χ0n) is 16.9. The number of hydrogen-bond donors (Lipinski definition) is 2. The Morgan fingerprint density at radius 3 is 2.33 bits per heavy atom. The average Bonchev–Trinajstić information content (AvgIpc) is 2.76. The summed E-state index contributed by atoms with van der Waals surface area (Å²) < 4.78 is 40.7. The smallest absolute Gasteiger partial charge is 0.243 e. The Kier molecular flexibility index (Phi) is 9.50. The number of hydrogen-bond acceptors (Lipinski definition) is 3. The van der Waals surface area contributed by atoms with E-state index in [1.807, 2.05) is 6.07 Å². The lowest BCUT2D eigenvalue weighted by Gasteiger charge is -2.31. The van der Waals surface area contributed by atoms with Crippen LogP contribution >= 0.6 is 24.0 Å². The Hall–Kier alpha value is -1.72. The number of halogens is 2. The van der Waals surface area contributed by atoms with Crippen molar-refractivity contribution in [3.05, 3.63) is 66.0 Å². The Morgan fingerprint density at radius 2 is 1.70 bits per heavy atom. The number of nitrogens with one attached hydrogen (secondary N) is 2. The van der Waals surface area contributed by atoms with Gasteiger partial charge < -0.3 is 10.6 Å². The second kappa shape index (κ2) is 11.6. The first-order valence-corrected chi connectivity index (χ1v) is 11.2. The van der Waals surface area contributed by atoms with Crippen LogP contribution in [-0.2, 0) is 16.6 Å². The van der Waals surface area contributed by atoms with Crippen LogP contribution in [0.3, 0.4) is 0 Å². The van der Waals surface area contributed by atoms with Gasteiger partial charge in [0.15, 0.2) is 5.96 Å². The number of nitrogens with zero attached hydrogens (tertiary/aromatic N) is 2. The zero-order chi connectivity index (χ0) is 20.7. The Morgan fingerprint density at radius 1 is 1.07 bits per heavy atom. The van der Waals surface area contributed by atoms with Crippen molar-refractivity contribution in [2.24, 2.45) is 10.9 Å². The van der Waals surface area contributed by atoms with Gasteiger partial charge in [0.2, 0.25) is 10.0 Å². The fraction of sp³-hybridized carbons (Fsp3) is 0.381. The molecule has 1 aliphatic heterocycles. The van der Waals surface area contributed by atoms with Crippen LogP contribution in [0.15, 0.2) is 64.5 Å². The summed E-state index contributed by atoms with van der Waals surface area (Å²) in [6.07, 6.45) is 1.56. The first-order chi connectivity index (χ1) is 14.0. The van der Waals surface area contributed by atoms with Gasteiger partial charge in [0.25, 0.3) is 0 Å². The molecule has 0 spiro atoms. The summed E-state index contributed by atoms with van der Waals surface area (Å²) >= 11 is 0. The third kappa shape index (κ3) is 6.39. The van der Waals surface area contributed by atoms with E-state index in [4.69, 9.17) is 0 Å². The average molecular weight is 546 g/mol. The third-order valence-corrected chi connectivity index (χ3v) is 7.05. The zero-order valence-corrected chi connectivity index (χ0v) is 20.1. The molecule has 30 heavy (non-hydrogen) atoms. The third-order valence-electron chi connectivity index (χ3n) is 5.14. The van der Waals surface area contributed by atoms with Gasteiger partial charge in [-0.2, -0.15) is 4.31 Å². The van der Waals surface area contributed by atoms with Crippen LogP contribution in [0, 0.1) is 11.7 Å². The van der Waals surface area contributed by atoms with Crippen molar-refractivity contribution in [2.75, 3.05) is 26.7 Å². The number of piperidine rings is 1. The van der Waals surface area contributed by atoms with E-state index in [0.717, 1.165) is 12.8 Å². The maximum absolute atomic E-state index is 13.7. The van der Waals surface area contributed by atoms with Crippen molar-refractivity contribution < 1.29 is 12.8 Å². The van der Waals surface area contributed by atoms with Gasteiger partial charge in [0.05, 0.1) is 4.90 Å². The van der Waals surface area contributed by atoms with Crippen molar-refractivity contribution >= 4 is 40.0 Å². The number of benzene rings is 2. The van der Waals surface area contributed by atoms with Crippen molar-refractivity contribution in [3.63, 3.8) is 0 Å². The van der Waals surface area contributed by atoms with Crippen LogP contribution in [-0.4, -0.2) is 45.4 Å². The molecule has 0 bridgehead atoms. The molecule has 1 heterocycles. The summed E-state index contributed by atoms with van der Waals surface area (Å²) in [5, 5.41) is 6.38. The number of aliphatic imine (C=N–C) groups is 1. The van der Waals surface area contributed by atoms with E-state index in [9.17, 15) is 12.8 Å². The largest absolute Gasteiger partial charge is 0.356 e. The molecular formula is C21H28FIN4O2S. The summed E-state index contributed by atoms with van der Waals surface area (Å²) in [6.45, 7) is 2.05. The van der Waals surface area contributed by atoms with E-state index < -0.39 is 10.0 Å². The van der Waals surface area contributed by atoms with Gasteiger partial charge >= 0.3 is 0 Å². The minimum atomic E-state index is -3.42. The Labute approximate surface area is 195 Å². The molecule has 9 heteroatoms. The van der Waals surface area contributed by atoms with E-state index in [1.54, 1.807) is 53.8 Å². The fourth-order valence-electron chi connectivity index (χ4n) is 3.38. The lowest BCUT2D eigenvalue weighted by atomic mass is 9.98. The van der Waals surface area contributed by atoms with Gasteiger partial charge in [-0.1, -0.05) is 36.4 Å². The molecule has 1 saturated heterocycles. The van der Waals surface area contributed by atoms with E-state index in [2.05, 4.69) is 15.6 Å². The summed E-state index contributed by atoms with van der Waals surface area (Å²) in [7, 11) is -1.75. The molecule has 0 radical (unpaired) electrons. The van der Waals surface area contributed by atoms with Crippen molar-refractivity contribution in [2.45, 2.75) is 24.3 Å². The van der Waals surface area contributed by atoms with Crippen LogP contribution in [0.4, 0.5) is 4.39 Å². The summed E-state index contributed by atoms with van der Waals surface area (Å²) in [5.41, 5.74) is 0.579. The van der Waals surface area contributed by atoms with E-state index in [-0.39, 0.29) is 29.8 Å². The summed E-state index contributed by atoms with van der Waals surface area (Å²) in [6, 6.07) is 15.2. The molecule has 2 aromatic rings. The monoisotopic (exact) mass is 546 g/mol. The van der Waals surface area contributed by atoms with Crippen LogP contribution < -0.4 is 10.6 Å². The van der Waals surface area contributed by atoms with Gasteiger partial charge in [0, 0.05) is 38.8 Å². The molecule has 0 saturated carbocycles. The molecular weight excluding hydrogens is 518 g/mol. The molecule has 0 amide bonds. The Balaban J connectivity index is 0.00000320. The molecule has 0 unspecified atom stereocenters. The van der Waals surface area contributed by atoms with Gasteiger partial charge in [-0.3, -0.25) is 4.99 Å². The molecule has 2 aromatic carbocycles. The van der Waals surface area contributed by atoms with E-state index in [0.29, 0.717) is 48.5 Å². The highest BCUT2D eigenvalue weighted by atomic mass is 127. The SMILES string of the molecule is CN=C(NCc1ccccc1F)NCC1CCN(S(=O)(=O)c2ccccc2)CC1.I. The lowest BCUT2D eigenvalue weighted by Crippen LogP contribution is -2.44. The Bertz CT molecular complexity index is 933. The number of sulfonamides is 1. The highest BCUT2D eigenvalue weighted by molar-refractivity contribution is 14.0. The molecule has 0 aliphatic carbocycles. The van der Waals surface area contributed by atoms with Crippen LogP contribution in [0.25, 0.3) is 0 Å². The maximum atomic E-state index is 13.7. The second-order valence-electron chi connectivity index (χ2n) is 7.06. The van der Waals surface area contributed by atoms with E-state index in [1.165, 1.54) is 6.07 Å². The predicted molar refractivity (Wildman–Crippen MR) is 128 cm³/mol. The molecule has 3 rings (SSSR count). The maximum Gasteiger partial charge on any atom is 0.243 e.